The minimum Gasteiger partial charge on any atom is -0.397 e. The van der Waals surface area contributed by atoms with Crippen LogP contribution in [0.2, 0.25) is 0 Å². The number of thiophene rings is 1. The van der Waals surface area contributed by atoms with E-state index in [1.165, 1.54) is 7.05 Å². The molecule has 0 aliphatic heterocycles. The first kappa shape index (κ1) is 13.7. The number of carbonyl (C=O) groups excluding carboxylic acids is 1. The second-order valence-electron chi connectivity index (χ2n) is 4.23. The number of aromatic nitrogens is 1. The lowest BCUT2D eigenvalue weighted by molar-refractivity contribution is 0.0625. The Morgan fingerprint density at radius 1 is 1.53 bits per heavy atom. The van der Waals surface area contributed by atoms with Gasteiger partial charge >= 0.3 is 0 Å². The smallest absolute Gasteiger partial charge is 0.266 e. The van der Waals surface area contributed by atoms with Crippen molar-refractivity contribution in [3.05, 3.63) is 22.7 Å². The van der Waals surface area contributed by atoms with Gasteiger partial charge in [-0.3, -0.25) is 4.79 Å². The van der Waals surface area contributed by atoms with Gasteiger partial charge < -0.3 is 10.6 Å². The van der Waals surface area contributed by atoms with Crippen molar-refractivity contribution in [1.82, 2.24) is 9.88 Å². The number of alkyl halides is 2. The van der Waals surface area contributed by atoms with E-state index >= 15 is 0 Å². The van der Waals surface area contributed by atoms with Crippen LogP contribution in [0, 0.1) is 6.92 Å². The SMILES string of the molecule is Cc1ccc2c(N)c(C(=O)N(C)CC(F)F)sc2n1. The zero-order chi connectivity index (χ0) is 14.2. The van der Waals surface area contributed by atoms with Gasteiger partial charge in [0.2, 0.25) is 0 Å². The van der Waals surface area contributed by atoms with Gasteiger partial charge in [0.05, 0.1) is 12.2 Å². The molecule has 2 rings (SSSR count). The largest absolute Gasteiger partial charge is 0.397 e. The molecule has 0 aliphatic rings. The van der Waals surface area contributed by atoms with E-state index in [0.717, 1.165) is 21.9 Å². The topological polar surface area (TPSA) is 59.2 Å². The molecule has 0 unspecified atom stereocenters. The first-order valence-electron chi connectivity index (χ1n) is 5.59. The van der Waals surface area contributed by atoms with Crippen LogP contribution < -0.4 is 5.73 Å². The molecule has 2 aromatic rings. The Labute approximate surface area is 112 Å². The average molecular weight is 285 g/mol. The number of halogens is 2. The summed E-state index contributed by atoms with van der Waals surface area (Å²) in [6.45, 7) is 1.22. The molecule has 0 aromatic carbocycles. The molecule has 4 nitrogen and oxygen atoms in total. The lowest BCUT2D eigenvalue weighted by Crippen LogP contribution is -2.31. The summed E-state index contributed by atoms with van der Waals surface area (Å²) < 4.78 is 24.6. The fourth-order valence-corrected chi connectivity index (χ4v) is 2.85. The first-order chi connectivity index (χ1) is 8.90. The van der Waals surface area contributed by atoms with Crippen molar-refractivity contribution in [3.8, 4) is 0 Å². The highest BCUT2D eigenvalue weighted by atomic mass is 32.1. The van der Waals surface area contributed by atoms with Crippen LogP contribution in [0.25, 0.3) is 10.2 Å². The summed E-state index contributed by atoms with van der Waals surface area (Å²) in [5, 5.41) is 0.685. The zero-order valence-electron chi connectivity index (χ0n) is 10.5. The average Bonchev–Trinajstić information content (AvgIpc) is 2.64. The van der Waals surface area contributed by atoms with Gasteiger partial charge in [-0.05, 0) is 19.1 Å². The number of amides is 1. The van der Waals surface area contributed by atoms with E-state index in [2.05, 4.69) is 4.98 Å². The summed E-state index contributed by atoms with van der Waals surface area (Å²) in [6, 6.07) is 3.58. The molecule has 0 fully saturated rings. The third kappa shape index (κ3) is 2.65. The molecule has 0 spiro atoms. The molecule has 102 valence electrons. The molecule has 2 N–H and O–H groups in total. The van der Waals surface area contributed by atoms with E-state index < -0.39 is 18.9 Å². The molecule has 0 radical (unpaired) electrons. The van der Waals surface area contributed by atoms with Crippen LogP contribution in [0.1, 0.15) is 15.4 Å². The van der Waals surface area contributed by atoms with E-state index in [0.29, 0.717) is 15.9 Å². The predicted octanol–water partition coefficient (Wildman–Crippen LogP) is 2.52. The molecular weight excluding hydrogens is 272 g/mol. The van der Waals surface area contributed by atoms with Crippen LogP contribution in [0.5, 0.6) is 0 Å². The highest BCUT2D eigenvalue weighted by Gasteiger charge is 2.22. The van der Waals surface area contributed by atoms with Gasteiger partial charge in [-0.2, -0.15) is 0 Å². The molecule has 0 saturated heterocycles. The normalized spacial score (nSPS) is 11.2. The number of aryl methyl sites for hydroxylation is 1. The number of rotatable bonds is 3. The standard InChI is InChI=1S/C12H13F2N3OS/c1-6-3-4-7-9(15)10(19-11(7)16-6)12(18)17(2)5-8(13)14/h3-4,8H,5,15H2,1-2H3. The maximum Gasteiger partial charge on any atom is 0.266 e. The molecule has 19 heavy (non-hydrogen) atoms. The lowest BCUT2D eigenvalue weighted by atomic mass is 10.2. The van der Waals surface area contributed by atoms with Gasteiger partial charge in [0, 0.05) is 18.1 Å². The summed E-state index contributed by atoms with van der Waals surface area (Å²) >= 11 is 1.13. The maximum atomic E-state index is 12.3. The number of hydrogen-bond acceptors (Lipinski definition) is 4. The number of nitrogens with two attached hydrogens (primary N) is 1. The van der Waals surface area contributed by atoms with E-state index in [1.807, 2.05) is 6.92 Å². The molecule has 0 aliphatic carbocycles. The summed E-state index contributed by atoms with van der Waals surface area (Å²) in [5.41, 5.74) is 7.01. The lowest BCUT2D eigenvalue weighted by Gasteiger charge is -2.15. The highest BCUT2D eigenvalue weighted by Crippen LogP contribution is 2.33. The number of anilines is 1. The first-order valence-corrected chi connectivity index (χ1v) is 6.41. The van der Waals surface area contributed by atoms with E-state index in [4.69, 9.17) is 5.73 Å². The predicted molar refractivity (Wildman–Crippen MR) is 71.7 cm³/mol. The fraction of sp³-hybridized carbons (Fsp3) is 0.333. The van der Waals surface area contributed by atoms with E-state index in [9.17, 15) is 13.6 Å². The van der Waals surface area contributed by atoms with Crippen molar-refractivity contribution < 1.29 is 13.6 Å². The van der Waals surface area contributed by atoms with Gasteiger partial charge in [-0.1, -0.05) is 0 Å². The zero-order valence-corrected chi connectivity index (χ0v) is 11.3. The number of hydrogen-bond donors (Lipinski definition) is 1. The van der Waals surface area contributed by atoms with Crippen LogP contribution in [0.15, 0.2) is 12.1 Å². The van der Waals surface area contributed by atoms with Gasteiger partial charge in [0.25, 0.3) is 12.3 Å². The van der Waals surface area contributed by atoms with E-state index in [-0.39, 0.29) is 4.88 Å². The van der Waals surface area contributed by atoms with Crippen molar-refractivity contribution in [1.29, 1.82) is 0 Å². The Morgan fingerprint density at radius 3 is 2.84 bits per heavy atom. The molecule has 7 heteroatoms. The number of nitrogen functional groups attached to an aromatic ring is 1. The summed E-state index contributed by atoms with van der Waals surface area (Å²) in [5.74, 6) is -0.501. The Morgan fingerprint density at radius 2 is 2.21 bits per heavy atom. The van der Waals surface area contributed by atoms with Crippen molar-refractivity contribution in [2.24, 2.45) is 0 Å². The van der Waals surface area contributed by atoms with Gasteiger partial charge in [-0.15, -0.1) is 11.3 Å². The number of carbonyl (C=O) groups is 1. The summed E-state index contributed by atoms with van der Waals surface area (Å²) in [7, 11) is 1.33. The molecule has 2 aromatic heterocycles. The number of nitrogens with zero attached hydrogens (tertiary/aromatic N) is 2. The summed E-state index contributed by atoms with van der Waals surface area (Å²) in [4.78, 5) is 18.2. The van der Waals surface area contributed by atoms with Gasteiger partial charge in [-0.25, -0.2) is 13.8 Å². The minimum atomic E-state index is -2.56. The van der Waals surface area contributed by atoms with Crippen LogP contribution >= 0.6 is 11.3 Å². The third-order valence-electron chi connectivity index (χ3n) is 2.69. The fourth-order valence-electron chi connectivity index (χ4n) is 1.71. The highest BCUT2D eigenvalue weighted by molar-refractivity contribution is 7.21. The van der Waals surface area contributed by atoms with E-state index in [1.54, 1.807) is 12.1 Å². The molecular formula is C12H13F2N3OS. The van der Waals surface area contributed by atoms with Crippen LogP contribution in [0.4, 0.5) is 14.5 Å². The second-order valence-corrected chi connectivity index (χ2v) is 5.23. The Balaban J connectivity index is 2.40. The molecule has 0 saturated carbocycles. The van der Waals surface area contributed by atoms with Gasteiger partial charge in [0.15, 0.2) is 0 Å². The maximum absolute atomic E-state index is 12.3. The Hall–Kier alpha value is -1.76. The van der Waals surface area contributed by atoms with Crippen molar-refractivity contribution in [2.45, 2.75) is 13.3 Å². The van der Waals surface area contributed by atoms with Crippen molar-refractivity contribution >= 4 is 33.1 Å². The van der Waals surface area contributed by atoms with Crippen molar-refractivity contribution in [2.75, 3.05) is 19.3 Å². The monoisotopic (exact) mass is 285 g/mol. The Bertz CT molecular complexity index is 627. The molecule has 0 atom stereocenters. The molecule has 2 heterocycles. The minimum absolute atomic E-state index is 0.260. The van der Waals surface area contributed by atoms with Gasteiger partial charge in [0.1, 0.15) is 9.71 Å². The van der Waals surface area contributed by atoms with Crippen LogP contribution in [-0.2, 0) is 0 Å². The number of fused-ring (bicyclic) bond motifs is 1. The molecule has 1 amide bonds. The Kier molecular flexibility index (Phi) is 3.66. The quantitative estimate of drug-likeness (QED) is 0.942. The second kappa shape index (κ2) is 5.08. The van der Waals surface area contributed by atoms with Crippen LogP contribution in [0.3, 0.4) is 0 Å². The third-order valence-corrected chi connectivity index (χ3v) is 3.79. The van der Waals surface area contributed by atoms with Crippen molar-refractivity contribution in [3.63, 3.8) is 0 Å². The number of pyridine rings is 1. The summed E-state index contributed by atoms with van der Waals surface area (Å²) in [6.07, 6.45) is -2.56. The molecule has 0 bridgehead atoms. The van der Waals surface area contributed by atoms with Crippen LogP contribution in [-0.4, -0.2) is 35.8 Å².